The molecule has 0 aromatic carbocycles. The highest BCUT2D eigenvalue weighted by molar-refractivity contribution is 7.10. The molecule has 1 atom stereocenters. The summed E-state index contributed by atoms with van der Waals surface area (Å²) in [5.74, 6) is -2.71. The highest BCUT2D eigenvalue weighted by atomic mass is 32.1. The lowest BCUT2D eigenvalue weighted by Crippen LogP contribution is -2.50. The summed E-state index contributed by atoms with van der Waals surface area (Å²) in [6, 6.07) is 1.98. The Morgan fingerprint density at radius 3 is 2.44 bits per heavy atom. The van der Waals surface area contributed by atoms with Gasteiger partial charge in [0.2, 0.25) is 5.91 Å². The summed E-state index contributed by atoms with van der Waals surface area (Å²) < 4.78 is 39.3. The summed E-state index contributed by atoms with van der Waals surface area (Å²) in [6.07, 6.45) is -1.39. The van der Waals surface area contributed by atoms with Crippen molar-refractivity contribution in [3.8, 4) is 0 Å². The molecule has 4 nitrogen and oxygen atoms in total. The van der Waals surface area contributed by atoms with E-state index < -0.39 is 24.0 Å². The number of carbonyl (C=O) groups is 2. The van der Waals surface area contributed by atoms with E-state index in [1.165, 1.54) is 11.3 Å². The molecule has 8 heteroatoms. The van der Waals surface area contributed by atoms with Crippen LogP contribution in [-0.4, -0.2) is 35.5 Å². The van der Waals surface area contributed by atoms with Crippen LogP contribution < -0.4 is 5.32 Å². The van der Waals surface area contributed by atoms with E-state index in [1.807, 2.05) is 0 Å². The van der Waals surface area contributed by atoms with E-state index in [0.717, 1.165) is 25.7 Å². The minimum atomic E-state index is -5.02. The fourth-order valence-electron chi connectivity index (χ4n) is 3.08. The quantitative estimate of drug-likeness (QED) is 0.819. The number of thiophene rings is 1. The number of halogens is 3. The molecule has 1 saturated carbocycles. The molecule has 2 amide bonds. The van der Waals surface area contributed by atoms with E-state index in [0.29, 0.717) is 9.78 Å². The molecule has 0 saturated heterocycles. The van der Waals surface area contributed by atoms with E-state index in [9.17, 15) is 22.8 Å². The lowest BCUT2D eigenvalue weighted by Gasteiger charge is -2.33. The van der Waals surface area contributed by atoms with Gasteiger partial charge in [0.05, 0.1) is 0 Å². The van der Waals surface area contributed by atoms with Crippen LogP contribution in [-0.2, 0) is 9.59 Å². The molecule has 0 spiro atoms. The van der Waals surface area contributed by atoms with Crippen LogP contribution in [0.5, 0.6) is 0 Å². The Morgan fingerprint density at radius 2 is 1.96 bits per heavy atom. The zero-order chi connectivity index (χ0) is 18.6. The molecule has 0 radical (unpaired) electrons. The van der Waals surface area contributed by atoms with Gasteiger partial charge in [-0.1, -0.05) is 32.8 Å². The smallest absolute Gasteiger partial charge is 0.351 e. The molecule has 1 N–H and O–H groups in total. The van der Waals surface area contributed by atoms with Crippen molar-refractivity contribution < 1.29 is 22.8 Å². The van der Waals surface area contributed by atoms with Crippen molar-refractivity contribution in [2.45, 2.75) is 57.8 Å². The molecule has 2 rings (SSSR count). The third-order valence-electron chi connectivity index (χ3n) is 4.14. The second-order valence-electron chi connectivity index (χ2n) is 6.76. The highest BCUT2D eigenvalue weighted by Gasteiger charge is 2.47. The maximum Gasteiger partial charge on any atom is 0.471 e. The van der Waals surface area contributed by atoms with Crippen molar-refractivity contribution in [3.63, 3.8) is 0 Å². The number of hydrogen-bond donors (Lipinski definition) is 1. The third kappa shape index (κ3) is 5.20. The first-order valence-corrected chi connectivity index (χ1v) is 9.29. The second-order valence-corrected chi connectivity index (χ2v) is 7.74. The average Bonchev–Trinajstić information content (AvgIpc) is 3.18. The fourth-order valence-corrected chi connectivity index (χ4v) is 3.92. The first-order valence-electron chi connectivity index (χ1n) is 8.41. The standard InChI is InChI=1S/C17H23F3N2O2S/c1-11(2)10-22(16(24)17(18,19)20)14(13-8-5-9-25-13)15(23)21-12-6-3-4-7-12/h5,8-9,11-12,14H,3-4,6-7,10H2,1-2H3,(H,21,23)/t14-/m1/s1. The van der Waals surface area contributed by atoms with E-state index in [4.69, 9.17) is 0 Å². The van der Waals surface area contributed by atoms with Crippen LogP contribution >= 0.6 is 11.3 Å². The Kier molecular flexibility index (Phi) is 6.48. The van der Waals surface area contributed by atoms with Crippen molar-refractivity contribution in [2.24, 2.45) is 5.92 Å². The Morgan fingerprint density at radius 1 is 1.32 bits per heavy atom. The van der Waals surface area contributed by atoms with Gasteiger partial charge >= 0.3 is 12.1 Å². The minimum absolute atomic E-state index is 0.0307. The van der Waals surface area contributed by atoms with Crippen LogP contribution in [0.3, 0.4) is 0 Å². The normalized spacial score (nSPS) is 16.9. The Labute approximate surface area is 149 Å². The molecule has 1 aromatic heterocycles. The topological polar surface area (TPSA) is 49.4 Å². The zero-order valence-electron chi connectivity index (χ0n) is 14.3. The summed E-state index contributed by atoms with van der Waals surface area (Å²) in [4.78, 5) is 25.9. The molecule has 1 heterocycles. The van der Waals surface area contributed by atoms with Gasteiger partial charge in [0.15, 0.2) is 0 Å². The number of nitrogens with zero attached hydrogens (tertiary/aromatic N) is 1. The van der Waals surface area contributed by atoms with Crippen LogP contribution in [0.4, 0.5) is 13.2 Å². The van der Waals surface area contributed by atoms with Gasteiger partial charge in [-0.3, -0.25) is 9.59 Å². The molecule has 1 aromatic rings. The molecule has 0 unspecified atom stereocenters. The lowest BCUT2D eigenvalue weighted by molar-refractivity contribution is -0.189. The molecular weight excluding hydrogens is 353 g/mol. The monoisotopic (exact) mass is 376 g/mol. The lowest BCUT2D eigenvalue weighted by atomic mass is 10.1. The van der Waals surface area contributed by atoms with Crippen LogP contribution in [0.15, 0.2) is 17.5 Å². The number of alkyl halides is 3. The summed E-state index contributed by atoms with van der Waals surface area (Å²) in [5.41, 5.74) is 0. The molecule has 1 aliphatic rings. The average molecular weight is 376 g/mol. The van der Waals surface area contributed by atoms with Crippen LogP contribution in [0.25, 0.3) is 0 Å². The maximum atomic E-state index is 13.1. The van der Waals surface area contributed by atoms with E-state index >= 15 is 0 Å². The van der Waals surface area contributed by atoms with Crippen LogP contribution in [0.1, 0.15) is 50.4 Å². The number of hydrogen-bond acceptors (Lipinski definition) is 3. The van der Waals surface area contributed by atoms with Crippen molar-refractivity contribution in [1.29, 1.82) is 0 Å². The first kappa shape index (κ1) is 19.8. The SMILES string of the molecule is CC(C)CN(C(=O)C(F)(F)F)[C@@H](C(=O)NC1CCCC1)c1cccs1. The first-order chi connectivity index (χ1) is 11.7. The van der Waals surface area contributed by atoms with E-state index in [2.05, 4.69) is 5.32 Å². The van der Waals surface area contributed by atoms with Gasteiger partial charge in [-0.2, -0.15) is 13.2 Å². The second kappa shape index (κ2) is 8.21. The molecule has 1 fully saturated rings. The zero-order valence-corrected chi connectivity index (χ0v) is 15.1. The van der Waals surface area contributed by atoms with Gasteiger partial charge < -0.3 is 10.2 Å². The molecule has 0 bridgehead atoms. The van der Waals surface area contributed by atoms with Crippen molar-refractivity contribution in [3.05, 3.63) is 22.4 Å². The molecule has 1 aliphatic carbocycles. The molecule has 25 heavy (non-hydrogen) atoms. The summed E-state index contributed by atoms with van der Waals surface area (Å²) >= 11 is 1.18. The van der Waals surface area contributed by atoms with Gasteiger partial charge in [0.25, 0.3) is 0 Å². The molecule has 0 aliphatic heterocycles. The van der Waals surface area contributed by atoms with Gasteiger partial charge in [0.1, 0.15) is 6.04 Å². The minimum Gasteiger partial charge on any atom is -0.351 e. The number of amides is 2. The molecular formula is C17H23F3N2O2S. The number of rotatable bonds is 6. The number of carbonyl (C=O) groups excluding carboxylic acids is 2. The number of nitrogens with one attached hydrogen (secondary N) is 1. The fraction of sp³-hybridized carbons (Fsp3) is 0.647. The summed E-state index contributed by atoms with van der Waals surface area (Å²) in [7, 11) is 0. The van der Waals surface area contributed by atoms with Gasteiger partial charge in [-0.25, -0.2) is 0 Å². The van der Waals surface area contributed by atoms with Gasteiger partial charge in [-0.15, -0.1) is 11.3 Å². The highest BCUT2D eigenvalue weighted by Crippen LogP contribution is 2.31. The predicted octanol–water partition coefficient (Wildman–Crippen LogP) is 3.89. The van der Waals surface area contributed by atoms with Gasteiger partial charge in [-0.05, 0) is 30.2 Å². The Hall–Kier alpha value is -1.57. The van der Waals surface area contributed by atoms with E-state index in [-0.39, 0.29) is 18.5 Å². The summed E-state index contributed by atoms with van der Waals surface area (Å²) in [6.45, 7) is 3.30. The van der Waals surface area contributed by atoms with Crippen LogP contribution in [0, 0.1) is 5.92 Å². The Balaban J connectivity index is 2.32. The molecule has 140 valence electrons. The van der Waals surface area contributed by atoms with Crippen molar-refractivity contribution >= 4 is 23.2 Å². The van der Waals surface area contributed by atoms with Gasteiger partial charge in [0, 0.05) is 17.5 Å². The van der Waals surface area contributed by atoms with Crippen LogP contribution in [0.2, 0.25) is 0 Å². The largest absolute Gasteiger partial charge is 0.471 e. The third-order valence-corrected chi connectivity index (χ3v) is 5.06. The maximum absolute atomic E-state index is 13.1. The van der Waals surface area contributed by atoms with Crippen molar-refractivity contribution in [2.75, 3.05) is 6.54 Å². The van der Waals surface area contributed by atoms with Crippen molar-refractivity contribution in [1.82, 2.24) is 10.2 Å². The van der Waals surface area contributed by atoms with E-state index in [1.54, 1.807) is 31.4 Å². The predicted molar refractivity (Wildman–Crippen MR) is 90.1 cm³/mol. The Bertz CT molecular complexity index is 581. The summed E-state index contributed by atoms with van der Waals surface area (Å²) in [5, 5.41) is 4.53.